The second kappa shape index (κ2) is 7.92. The maximum absolute atomic E-state index is 13.9. The molecule has 1 aliphatic heterocycles. The normalized spacial score (nSPS) is 14.5. The summed E-state index contributed by atoms with van der Waals surface area (Å²) in [6.07, 6.45) is 0.879. The number of aromatic nitrogens is 2. The highest BCUT2D eigenvalue weighted by Crippen LogP contribution is 2.21. The summed E-state index contributed by atoms with van der Waals surface area (Å²) < 4.78 is 13.9. The van der Waals surface area contributed by atoms with Gasteiger partial charge in [0.15, 0.2) is 11.5 Å². The summed E-state index contributed by atoms with van der Waals surface area (Å²) in [7, 11) is 0. The third-order valence-electron chi connectivity index (χ3n) is 4.22. The lowest BCUT2D eigenvalue weighted by molar-refractivity contribution is 0.0947. The highest BCUT2D eigenvalue weighted by molar-refractivity contribution is 5.92. The Morgan fingerprint density at radius 1 is 1.08 bits per heavy atom. The van der Waals surface area contributed by atoms with Crippen LogP contribution in [0.5, 0.6) is 0 Å². The SMILES string of the molecule is CCCNC(=O)c1ccc(N2CCN(c3ccccc3F)CC2)nn1. The van der Waals surface area contributed by atoms with Crippen molar-refractivity contribution in [1.82, 2.24) is 15.5 Å². The van der Waals surface area contributed by atoms with Gasteiger partial charge in [-0.15, -0.1) is 10.2 Å². The van der Waals surface area contributed by atoms with Crippen molar-refractivity contribution in [2.45, 2.75) is 13.3 Å². The van der Waals surface area contributed by atoms with E-state index in [-0.39, 0.29) is 11.7 Å². The van der Waals surface area contributed by atoms with E-state index < -0.39 is 0 Å². The van der Waals surface area contributed by atoms with Gasteiger partial charge >= 0.3 is 0 Å². The molecule has 0 bridgehead atoms. The van der Waals surface area contributed by atoms with E-state index in [2.05, 4.69) is 20.4 Å². The third kappa shape index (κ3) is 4.04. The van der Waals surface area contributed by atoms with Crippen LogP contribution in [0.4, 0.5) is 15.9 Å². The van der Waals surface area contributed by atoms with Crippen LogP contribution in [0, 0.1) is 5.82 Å². The van der Waals surface area contributed by atoms with E-state index in [9.17, 15) is 9.18 Å². The number of carbonyl (C=O) groups is 1. The van der Waals surface area contributed by atoms with Gasteiger partial charge in [-0.1, -0.05) is 19.1 Å². The first kappa shape index (κ1) is 17.1. The van der Waals surface area contributed by atoms with E-state index >= 15 is 0 Å². The third-order valence-corrected chi connectivity index (χ3v) is 4.22. The molecule has 0 radical (unpaired) electrons. The Labute approximate surface area is 146 Å². The van der Waals surface area contributed by atoms with Crippen LogP contribution in [0.3, 0.4) is 0 Å². The quantitative estimate of drug-likeness (QED) is 0.901. The standard InChI is InChI=1S/C18H22FN5O/c1-2-9-20-18(25)15-7-8-17(22-21-15)24-12-10-23(11-13-24)16-6-4-3-5-14(16)19/h3-8H,2,9-13H2,1H3,(H,20,25). The van der Waals surface area contributed by atoms with Gasteiger partial charge in [0.1, 0.15) is 5.82 Å². The summed E-state index contributed by atoms with van der Waals surface area (Å²) in [5, 5.41) is 11.0. The molecule has 0 saturated carbocycles. The first-order valence-corrected chi connectivity index (χ1v) is 8.55. The summed E-state index contributed by atoms with van der Waals surface area (Å²) in [6, 6.07) is 10.3. The minimum atomic E-state index is -0.203. The van der Waals surface area contributed by atoms with Crippen molar-refractivity contribution in [1.29, 1.82) is 0 Å². The summed E-state index contributed by atoms with van der Waals surface area (Å²) in [5.74, 6) is 0.337. The number of hydrogen-bond donors (Lipinski definition) is 1. The van der Waals surface area contributed by atoms with Gasteiger partial charge in [0.2, 0.25) is 0 Å². The van der Waals surface area contributed by atoms with Crippen molar-refractivity contribution in [3.8, 4) is 0 Å². The van der Waals surface area contributed by atoms with Gasteiger partial charge in [-0.2, -0.15) is 0 Å². The summed E-state index contributed by atoms with van der Waals surface area (Å²) in [5.41, 5.74) is 0.957. The molecule has 1 fully saturated rings. The van der Waals surface area contributed by atoms with Gasteiger partial charge in [-0.3, -0.25) is 4.79 Å². The van der Waals surface area contributed by atoms with Crippen molar-refractivity contribution < 1.29 is 9.18 Å². The van der Waals surface area contributed by atoms with Gasteiger partial charge < -0.3 is 15.1 Å². The molecule has 7 heteroatoms. The monoisotopic (exact) mass is 343 g/mol. The molecule has 2 heterocycles. The van der Waals surface area contributed by atoms with E-state index in [1.807, 2.05) is 24.0 Å². The summed E-state index contributed by atoms with van der Waals surface area (Å²) in [4.78, 5) is 16.0. The number of anilines is 2. The number of piperazine rings is 1. The highest BCUT2D eigenvalue weighted by atomic mass is 19.1. The van der Waals surface area contributed by atoms with Crippen LogP contribution >= 0.6 is 0 Å². The summed E-state index contributed by atoms with van der Waals surface area (Å²) >= 11 is 0. The molecular formula is C18H22FN5O. The van der Waals surface area contributed by atoms with E-state index in [1.165, 1.54) is 6.07 Å². The smallest absolute Gasteiger partial charge is 0.271 e. The Morgan fingerprint density at radius 2 is 1.80 bits per heavy atom. The second-order valence-corrected chi connectivity index (χ2v) is 5.96. The lowest BCUT2D eigenvalue weighted by Crippen LogP contribution is -2.47. The number of nitrogens with one attached hydrogen (secondary N) is 1. The van der Waals surface area contributed by atoms with Crippen LogP contribution in [-0.4, -0.2) is 48.8 Å². The molecule has 1 aliphatic rings. The largest absolute Gasteiger partial charge is 0.366 e. The van der Waals surface area contributed by atoms with Crippen LogP contribution in [0.25, 0.3) is 0 Å². The van der Waals surface area contributed by atoms with Crippen molar-refractivity contribution >= 4 is 17.4 Å². The fraction of sp³-hybridized carbons (Fsp3) is 0.389. The fourth-order valence-electron chi connectivity index (χ4n) is 2.83. The molecule has 0 spiro atoms. The lowest BCUT2D eigenvalue weighted by Gasteiger charge is -2.36. The fourth-order valence-corrected chi connectivity index (χ4v) is 2.83. The number of hydrogen-bond acceptors (Lipinski definition) is 5. The van der Waals surface area contributed by atoms with Crippen molar-refractivity contribution in [3.05, 3.63) is 47.9 Å². The first-order valence-electron chi connectivity index (χ1n) is 8.55. The number of para-hydroxylation sites is 1. The summed E-state index contributed by atoms with van der Waals surface area (Å²) in [6.45, 7) is 5.49. The molecule has 1 aromatic heterocycles. The lowest BCUT2D eigenvalue weighted by atomic mass is 10.2. The van der Waals surface area contributed by atoms with Crippen molar-refractivity contribution in [3.63, 3.8) is 0 Å². The number of rotatable bonds is 5. The topological polar surface area (TPSA) is 61.4 Å². The number of amides is 1. The van der Waals surface area contributed by atoms with Crippen molar-refractivity contribution in [2.24, 2.45) is 0 Å². The molecule has 132 valence electrons. The Hall–Kier alpha value is -2.70. The molecule has 1 amide bonds. The molecule has 0 atom stereocenters. The van der Waals surface area contributed by atoms with E-state index in [1.54, 1.807) is 18.2 Å². The molecule has 6 nitrogen and oxygen atoms in total. The number of halogens is 1. The minimum absolute atomic E-state index is 0.196. The number of carbonyl (C=O) groups excluding carboxylic acids is 1. The predicted octanol–water partition coefficient (Wildman–Crippen LogP) is 2.08. The van der Waals surface area contributed by atoms with Crippen LogP contribution in [-0.2, 0) is 0 Å². The number of benzene rings is 1. The van der Waals surface area contributed by atoms with Crippen LogP contribution in [0.2, 0.25) is 0 Å². The maximum Gasteiger partial charge on any atom is 0.271 e. The second-order valence-electron chi connectivity index (χ2n) is 5.96. The average molecular weight is 343 g/mol. The Bertz CT molecular complexity index is 714. The maximum atomic E-state index is 13.9. The molecule has 1 N–H and O–H groups in total. The molecule has 1 saturated heterocycles. The highest BCUT2D eigenvalue weighted by Gasteiger charge is 2.20. The zero-order valence-electron chi connectivity index (χ0n) is 14.3. The minimum Gasteiger partial charge on any atom is -0.366 e. The molecule has 25 heavy (non-hydrogen) atoms. The van der Waals surface area contributed by atoms with E-state index in [4.69, 9.17) is 0 Å². The molecule has 0 aliphatic carbocycles. The van der Waals surface area contributed by atoms with Crippen LogP contribution < -0.4 is 15.1 Å². The zero-order valence-corrected chi connectivity index (χ0v) is 14.3. The number of nitrogens with zero attached hydrogens (tertiary/aromatic N) is 4. The van der Waals surface area contributed by atoms with E-state index in [0.29, 0.717) is 31.0 Å². The molecule has 2 aromatic rings. The van der Waals surface area contributed by atoms with Crippen molar-refractivity contribution in [2.75, 3.05) is 42.5 Å². The Morgan fingerprint density at radius 3 is 2.44 bits per heavy atom. The first-order chi connectivity index (χ1) is 12.2. The zero-order chi connectivity index (χ0) is 17.6. The Kier molecular flexibility index (Phi) is 5.42. The van der Waals surface area contributed by atoms with Gasteiger partial charge in [-0.05, 0) is 30.7 Å². The Balaban J connectivity index is 1.59. The van der Waals surface area contributed by atoms with E-state index in [0.717, 1.165) is 25.3 Å². The molecule has 3 rings (SSSR count). The van der Waals surface area contributed by atoms with Crippen LogP contribution in [0.15, 0.2) is 36.4 Å². The average Bonchev–Trinajstić information content (AvgIpc) is 2.67. The van der Waals surface area contributed by atoms with Gasteiger partial charge in [0.05, 0.1) is 5.69 Å². The molecule has 0 unspecified atom stereocenters. The van der Waals surface area contributed by atoms with Crippen LogP contribution in [0.1, 0.15) is 23.8 Å². The van der Waals surface area contributed by atoms with Gasteiger partial charge in [0.25, 0.3) is 5.91 Å². The molecular weight excluding hydrogens is 321 g/mol. The molecule has 1 aromatic carbocycles. The van der Waals surface area contributed by atoms with Gasteiger partial charge in [0, 0.05) is 32.7 Å². The predicted molar refractivity (Wildman–Crippen MR) is 95.5 cm³/mol. The van der Waals surface area contributed by atoms with Gasteiger partial charge in [-0.25, -0.2) is 4.39 Å².